The summed E-state index contributed by atoms with van der Waals surface area (Å²) in [6.07, 6.45) is 12.5. The van der Waals surface area contributed by atoms with Gasteiger partial charge in [0.1, 0.15) is 0 Å². The van der Waals surface area contributed by atoms with E-state index >= 15 is 0 Å². The van der Waals surface area contributed by atoms with Gasteiger partial charge in [-0.3, -0.25) is 0 Å². The van der Waals surface area contributed by atoms with Gasteiger partial charge in [-0.05, 0) is 49.7 Å². The zero-order valence-electron chi connectivity index (χ0n) is 17.6. The summed E-state index contributed by atoms with van der Waals surface area (Å²) < 4.78 is 15.6. The van der Waals surface area contributed by atoms with Gasteiger partial charge in [-0.1, -0.05) is 40.5 Å². The molecule has 0 saturated carbocycles. The van der Waals surface area contributed by atoms with Crippen molar-refractivity contribution in [3.8, 4) is 0 Å². The maximum atomic E-state index is 11.7. The molecule has 0 rings (SSSR count). The van der Waals surface area contributed by atoms with Crippen LogP contribution < -0.4 is 0 Å². The second-order valence-corrected chi connectivity index (χ2v) is 6.38. The topological polar surface area (TPSA) is 61.8 Å². The van der Waals surface area contributed by atoms with Crippen LogP contribution in [0.4, 0.5) is 0 Å². The maximum absolute atomic E-state index is 11.7. The molecule has 0 aliphatic heterocycles. The van der Waals surface area contributed by atoms with Gasteiger partial charge in [0.25, 0.3) is 0 Å². The zero-order valence-corrected chi connectivity index (χ0v) is 17.6. The van der Waals surface area contributed by atoms with E-state index in [0.29, 0.717) is 0 Å². The van der Waals surface area contributed by atoms with Crippen LogP contribution in [0, 0.1) is 0 Å². The Bertz CT molecular complexity index is 517. The van der Waals surface area contributed by atoms with Crippen LogP contribution in [0.25, 0.3) is 0 Å². The molecule has 0 aromatic carbocycles. The third-order valence-electron chi connectivity index (χ3n) is 4.02. The molecule has 0 radical (unpaired) electrons. The Morgan fingerprint density at radius 1 is 0.815 bits per heavy atom. The van der Waals surface area contributed by atoms with Crippen molar-refractivity contribution in [1.82, 2.24) is 0 Å². The summed E-state index contributed by atoms with van der Waals surface area (Å²) in [7, 11) is 0. The van der Waals surface area contributed by atoms with E-state index in [-0.39, 0.29) is 0 Å². The number of hydrogen-bond donors (Lipinski definition) is 0. The Balaban J connectivity index is 4.36. The maximum Gasteiger partial charge on any atom is 0.335 e. The van der Waals surface area contributed by atoms with E-state index in [4.69, 9.17) is 14.2 Å². The highest BCUT2D eigenvalue weighted by Crippen LogP contribution is 2.13. The predicted octanol–water partition coefficient (Wildman–Crippen LogP) is 5.96. The lowest BCUT2D eigenvalue weighted by Crippen LogP contribution is -2.15. The Hall–Kier alpha value is -2.04. The van der Waals surface area contributed by atoms with Crippen LogP contribution in [0.15, 0.2) is 35.8 Å². The van der Waals surface area contributed by atoms with Crippen molar-refractivity contribution in [2.24, 2.45) is 0 Å². The van der Waals surface area contributed by atoms with E-state index in [9.17, 15) is 9.59 Å². The highest BCUT2D eigenvalue weighted by atomic mass is 16.7. The SMILES string of the molecule is CCCC/C(=C\OC(=O)/C=C/C(=O)OC(C)O/C=C(\CC)CCCC)CC. The quantitative estimate of drug-likeness (QED) is 0.161. The van der Waals surface area contributed by atoms with Crippen molar-refractivity contribution < 1.29 is 23.8 Å². The number of hydrogen-bond acceptors (Lipinski definition) is 5. The normalized spacial score (nSPS) is 13.5. The minimum atomic E-state index is -0.720. The van der Waals surface area contributed by atoms with Gasteiger partial charge in [-0.15, -0.1) is 0 Å². The molecule has 1 unspecified atom stereocenters. The lowest BCUT2D eigenvalue weighted by molar-refractivity contribution is -0.160. The van der Waals surface area contributed by atoms with Gasteiger partial charge in [0.15, 0.2) is 0 Å². The summed E-state index contributed by atoms with van der Waals surface area (Å²) in [5, 5.41) is 0. The Labute approximate surface area is 164 Å². The van der Waals surface area contributed by atoms with Gasteiger partial charge in [-0.25, -0.2) is 9.59 Å². The van der Waals surface area contributed by atoms with Crippen molar-refractivity contribution >= 4 is 11.9 Å². The van der Waals surface area contributed by atoms with E-state index < -0.39 is 18.2 Å². The van der Waals surface area contributed by atoms with Crippen LogP contribution >= 0.6 is 0 Å². The molecule has 0 N–H and O–H groups in total. The molecule has 0 bridgehead atoms. The van der Waals surface area contributed by atoms with Crippen LogP contribution in [0.1, 0.15) is 86.0 Å². The van der Waals surface area contributed by atoms with E-state index in [0.717, 1.165) is 69.1 Å². The van der Waals surface area contributed by atoms with Crippen LogP contribution in [0.2, 0.25) is 0 Å². The third-order valence-corrected chi connectivity index (χ3v) is 4.02. The number of unbranched alkanes of at least 4 members (excludes halogenated alkanes) is 2. The Morgan fingerprint density at radius 3 is 1.85 bits per heavy atom. The number of esters is 2. The van der Waals surface area contributed by atoms with Crippen LogP contribution in [0.3, 0.4) is 0 Å². The molecule has 0 heterocycles. The fraction of sp³-hybridized carbons (Fsp3) is 0.636. The number of rotatable bonds is 14. The van der Waals surface area contributed by atoms with Gasteiger partial charge in [-0.2, -0.15) is 0 Å². The number of ether oxygens (including phenoxy) is 3. The minimum absolute atomic E-state index is 0.601. The first kappa shape index (κ1) is 25.0. The molecular formula is C22H36O5. The molecule has 5 nitrogen and oxygen atoms in total. The van der Waals surface area contributed by atoms with Gasteiger partial charge < -0.3 is 14.2 Å². The lowest BCUT2D eigenvalue weighted by atomic mass is 10.1. The molecule has 27 heavy (non-hydrogen) atoms. The molecule has 0 aromatic rings. The van der Waals surface area contributed by atoms with E-state index in [1.54, 1.807) is 13.2 Å². The molecule has 0 aromatic heterocycles. The zero-order chi connectivity index (χ0) is 20.5. The second kappa shape index (κ2) is 16.2. The largest absolute Gasteiger partial charge is 0.463 e. The molecule has 0 aliphatic carbocycles. The highest BCUT2D eigenvalue weighted by Gasteiger charge is 2.07. The van der Waals surface area contributed by atoms with Gasteiger partial charge in [0.2, 0.25) is 6.29 Å². The number of carbonyl (C=O) groups is 2. The van der Waals surface area contributed by atoms with E-state index in [2.05, 4.69) is 20.8 Å². The van der Waals surface area contributed by atoms with Crippen molar-refractivity contribution in [3.63, 3.8) is 0 Å². The highest BCUT2D eigenvalue weighted by molar-refractivity contribution is 5.91. The van der Waals surface area contributed by atoms with Crippen LogP contribution in [-0.4, -0.2) is 18.2 Å². The Morgan fingerprint density at radius 2 is 1.33 bits per heavy atom. The molecule has 0 amide bonds. The first-order chi connectivity index (χ1) is 13.0. The molecule has 0 spiro atoms. The first-order valence-corrected chi connectivity index (χ1v) is 10.1. The molecule has 0 aliphatic rings. The molecular weight excluding hydrogens is 344 g/mol. The smallest absolute Gasteiger partial charge is 0.335 e. The summed E-state index contributed by atoms with van der Waals surface area (Å²) in [5.41, 5.74) is 2.25. The monoisotopic (exact) mass is 380 g/mol. The number of carbonyl (C=O) groups excluding carboxylic acids is 2. The van der Waals surface area contributed by atoms with Gasteiger partial charge in [0.05, 0.1) is 12.5 Å². The summed E-state index contributed by atoms with van der Waals surface area (Å²) in [6, 6.07) is 0. The van der Waals surface area contributed by atoms with Crippen molar-refractivity contribution in [2.45, 2.75) is 92.3 Å². The first-order valence-electron chi connectivity index (χ1n) is 10.1. The summed E-state index contributed by atoms with van der Waals surface area (Å²) >= 11 is 0. The standard InChI is InChI=1S/C22H36O5/c1-6-10-12-19(8-3)16-25-18(5)27-22(24)15-14-21(23)26-17-20(9-4)13-11-7-2/h14-18H,6-13H2,1-5H3/b15-14+,19-16+,20-17-. The molecule has 0 saturated heterocycles. The average Bonchev–Trinajstić information content (AvgIpc) is 2.66. The fourth-order valence-corrected chi connectivity index (χ4v) is 2.19. The van der Waals surface area contributed by atoms with E-state index in [1.165, 1.54) is 11.8 Å². The average molecular weight is 381 g/mol. The minimum Gasteiger partial charge on any atom is -0.463 e. The second-order valence-electron chi connectivity index (χ2n) is 6.38. The van der Waals surface area contributed by atoms with Crippen molar-refractivity contribution in [2.75, 3.05) is 0 Å². The fourth-order valence-electron chi connectivity index (χ4n) is 2.19. The van der Waals surface area contributed by atoms with Gasteiger partial charge in [0, 0.05) is 19.1 Å². The van der Waals surface area contributed by atoms with E-state index in [1.807, 2.05) is 6.92 Å². The van der Waals surface area contributed by atoms with Gasteiger partial charge >= 0.3 is 11.9 Å². The number of allylic oxidation sites excluding steroid dienone is 2. The van der Waals surface area contributed by atoms with Crippen molar-refractivity contribution in [3.05, 3.63) is 35.8 Å². The molecule has 154 valence electrons. The van der Waals surface area contributed by atoms with Crippen LogP contribution in [-0.2, 0) is 23.8 Å². The summed E-state index contributed by atoms with van der Waals surface area (Å²) in [5.74, 6) is -1.25. The summed E-state index contributed by atoms with van der Waals surface area (Å²) in [4.78, 5) is 23.4. The molecule has 1 atom stereocenters. The Kier molecular flexibility index (Phi) is 14.9. The van der Waals surface area contributed by atoms with Crippen LogP contribution in [0.5, 0.6) is 0 Å². The third kappa shape index (κ3) is 13.8. The predicted molar refractivity (Wildman–Crippen MR) is 108 cm³/mol. The molecule has 5 heteroatoms. The molecule has 0 fully saturated rings. The van der Waals surface area contributed by atoms with Crippen molar-refractivity contribution in [1.29, 1.82) is 0 Å². The summed E-state index contributed by atoms with van der Waals surface area (Å²) in [6.45, 7) is 9.97. The lowest BCUT2D eigenvalue weighted by Gasteiger charge is -2.12.